The number of fused-ring (bicyclic) bond motifs is 1. The molecule has 3 rings (SSSR count). The molecule has 0 saturated heterocycles. The van der Waals surface area contributed by atoms with E-state index in [0.717, 1.165) is 47.6 Å². The Morgan fingerprint density at radius 3 is 2.54 bits per heavy atom. The summed E-state index contributed by atoms with van der Waals surface area (Å²) in [6.07, 6.45) is 8.66. The predicted octanol–water partition coefficient (Wildman–Crippen LogP) is 6.33. The van der Waals surface area contributed by atoms with Gasteiger partial charge in [-0.25, -0.2) is 15.0 Å². The number of benzene rings is 1. The standard InChI is InChI=1S/C20H24Cl2N4/c1-3-5-6-7-8-11-26-17(4-2)25-19-18(23-13-24-20(19)26)15-10-9-14(21)12-16(15)22/h9-10,12-13H,3-8,11H2,1-2H3. The molecule has 0 radical (unpaired) electrons. The van der Waals surface area contributed by atoms with Crippen molar-refractivity contribution in [3.8, 4) is 11.3 Å². The molecule has 0 unspecified atom stereocenters. The highest BCUT2D eigenvalue weighted by Crippen LogP contribution is 2.33. The number of nitrogens with zero attached hydrogens (tertiary/aromatic N) is 4. The van der Waals surface area contributed by atoms with E-state index in [-0.39, 0.29) is 0 Å². The summed E-state index contributed by atoms with van der Waals surface area (Å²) in [7, 11) is 0. The summed E-state index contributed by atoms with van der Waals surface area (Å²) in [6.45, 7) is 5.30. The number of aryl methyl sites for hydroxylation is 2. The molecule has 26 heavy (non-hydrogen) atoms. The van der Waals surface area contributed by atoms with E-state index in [4.69, 9.17) is 28.2 Å². The second-order valence-electron chi connectivity index (χ2n) is 6.47. The van der Waals surface area contributed by atoms with Crippen LogP contribution in [0.2, 0.25) is 10.0 Å². The molecular formula is C20H24Cl2N4. The Hall–Kier alpha value is -1.65. The second kappa shape index (κ2) is 8.83. The zero-order valence-electron chi connectivity index (χ0n) is 15.3. The molecule has 0 aliphatic rings. The third-order valence-electron chi connectivity index (χ3n) is 4.60. The van der Waals surface area contributed by atoms with E-state index in [2.05, 4.69) is 28.4 Å². The van der Waals surface area contributed by atoms with Gasteiger partial charge >= 0.3 is 0 Å². The van der Waals surface area contributed by atoms with Gasteiger partial charge in [0, 0.05) is 23.6 Å². The lowest BCUT2D eigenvalue weighted by atomic mass is 10.1. The van der Waals surface area contributed by atoms with Gasteiger partial charge in [0.05, 0.1) is 5.02 Å². The van der Waals surface area contributed by atoms with Crippen LogP contribution in [0.15, 0.2) is 24.5 Å². The fourth-order valence-corrected chi connectivity index (χ4v) is 3.74. The first-order valence-electron chi connectivity index (χ1n) is 9.31. The number of halogens is 2. The van der Waals surface area contributed by atoms with Crippen LogP contribution in [-0.4, -0.2) is 19.5 Å². The van der Waals surface area contributed by atoms with E-state index in [0.29, 0.717) is 10.0 Å². The molecule has 1 aromatic carbocycles. The average molecular weight is 391 g/mol. The molecule has 0 bridgehead atoms. The van der Waals surface area contributed by atoms with E-state index in [1.807, 2.05) is 12.1 Å². The van der Waals surface area contributed by atoms with Crippen molar-refractivity contribution < 1.29 is 0 Å². The van der Waals surface area contributed by atoms with Crippen molar-refractivity contribution in [1.82, 2.24) is 19.5 Å². The van der Waals surface area contributed by atoms with Crippen molar-refractivity contribution in [2.45, 2.75) is 58.9 Å². The molecule has 0 N–H and O–H groups in total. The van der Waals surface area contributed by atoms with Gasteiger partial charge in [0.25, 0.3) is 0 Å². The maximum absolute atomic E-state index is 6.40. The minimum Gasteiger partial charge on any atom is -0.313 e. The summed E-state index contributed by atoms with van der Waals surface area (Å²) in [5.74, 6) is 1.04. The van der Waals surface area contributed by atoms with Gasteiger partial charge < -0.3 is 4.57 Å². The Morgan fingerprint density at radius 2 is 1.81 bits per heavy atom. The highest BCUT2D eigenvalue weighted by Gasteiger charge is 2.17. The van der Waals surface area contributed by atoms with Crippen molar-refractivity contribution >= 4 is 34.4 Å². The van der Waals surface area contributed by atoms with E-state index in [1.54, 1.807) is 12.4 Å². The summed E-state index contributed by atoms with van der Waals surface area (Å²) >= 11 is 12.4. The number of aromatic nitrogens is 4. The largest absolute Gasteiger partial charge is 0.313 e. The Labute approximate surface area is 164 Å². The molecule has 4 nitrogen and oxygen atoms in total. The van der Waals surface area contributed by atoms with Gasteiger partial charge in [-0.3, -0.25) is 0 Å². The summed E-state index contributed by atoms with van der Waals surface area (Å²) in [6, 6.07) is 5.45. The number of imidazole rings is 1. The lowest BCUT2D eigenvalue weighted by Gasteiger charge is -2.08. The van der Waals surface area contributed by atoms with Gasteiger partial charge in [-0.2, -0.15) is 0 Å². The van der Waals surface area contributed by atoms with Crippen molar-refractivity contribution in [2.24, 2.45) is 0 Å². The van der Waals surface area contributed by atoms with E-state index in [1.165, 1.54) is 25.7 Å². The van der Waals surface area contributed by atoms with Crippen LogP contribution in [0.4, 0.5) is 0 Å². The Balaban J connectivity index is 1.97. The van der Waals surface area contributed by atoms with Crippen LogP contribution in [0.3, 0.4) is 0 Å². The molecule has 0 saturated carbocycles. The van der Waals surface area contributed by atoms with Crippen LogP contribution < -0.4 is 0 Å². The van der Waals surface area contributed by atoms with Gasteiger partial charge in [-0.1, -0.05) is 62.7 Å². The number of hydrogen-bond donors (Lipinski definition) is 0. The van der Waals surface area contributed by atoms with E-state index >= 15 is 0 Å². The third-order valence-corrected chi connectivity index (χ3v) is 5.15. The molecule has 0 aliphatic heterocycles. The highest BCUT2D eigenvalue weighted by molar-refractivity contribution is 6.36. The molecule has 0 fully saturated rings. The molecule has 6 heteroatoms. The van der Waals surface area contributed by atoms with Gasteiger partial charge in [-0.05, 0) is 24.6 Å². The fourth-order valence-electron chi connectivity index (χ4n) is 3.24. The normalized spacial score (nSPS) is 11.4. The monoisotopic (exact) mass is 390 g/mol. The molecule has 3 aromatic rings. The lowest BCUT2D eigenvalue weighted by molar-refractivity contribution is 0.561. The molecule has 138 valence electrons. The second-order valence-corrected chi connectivity index (χ2v) is 7.31. The first kappa shape index (κ1) is 19.1. The Kier molecular flexibility index (Phi) is 6.49. The van der Waals surface area contributed by atoms with Crippen LogP contribution in [-0.2, 0) is 13.0 Å². The molecule has 2 heterocycles. The highest BCUT2D eigenvalue weighted by atomic mass is 35.5. The zero-order valence-corrected chi connectivity index (χ0v) is 16.8. The summed E-state index contributed by atoms with van der Waals surface area (Å²) in [4.78, 5) is 13.8. The third kappa shape index (κ3) is 4.02. The molecular weight excluding hydrogens is 367 g/mol. The SMILES string of the molecule is CCCCCCCn1c(CC)nc2c(-c3ccc(Cl)cc3Cl)ncnc21. The van der Waals surface area contributed by atoms with Gasteiger partial charge in [0.15, 0.2) is 5.65 Å². The van der Waals surface area contributed by atoms with Gasteiger partial charge in [0.2, 0.25) is 0 Å². The van der Waals surface area contributed by atoms with Crippen molar-refractivity contribution in [1.29, 1.82) is 0 Å². The minimum absolute atomic E-state index is 0.574. The van der Waals surface area contributed by atoms with E-state index < -0.39 is 0 Å². The van der Waals surface area contributed by atoms with Crippen LogP contribution >= 0.6 is 23.2 Å². The fraction of sp³-hybridized carbons (Fsp3) is 0.450. The number of unbranched alkanes of at least 4 members (excludes halogenated alkanes) is 4. The zero-order chi connectivity index (χ0) is 18.5. The van der Waals surface area contributed by atoms with Crippen LogP contribution in [0.25, 0.3) is 22.4 Å². The first-order valence-corrected chi connectivity index (χ1v) is 10.1. The van der Waals surface area contributed by atoms with Crippen molar-refractivity contribution in [3.63, 3.8) is 0 Å². The first-order chi connectivity index (χ1) is 12.7. The molecule has 0 amide bonds. The van der Waals surface area contributed by atoms with Gasteiger partial charge in [0.1, 0.15) is 23.4 Å². The predicted molar refractivity (Wildman–Crippen MR) is 109 cm³/mol. The summed E-state index contributed by atoms with van der Waals surface area (Å²) in [5.41, 5.74) is 3.28. The smallest absolute Gasteiger partial charge is 0.164 e. The number of rotatable bonds is 8. The molecule has 2 aromatic heterocycles. The average Bonchev–Trinajstić information content (AvgIpc) is 3.00. The maximum Gasteiger partial charge on any atom is 0.164 e. The minimum atomic E-state index is 0.574. The topological polar surface area (TPSA) is 43.6 Å². The van der Waals surface area contributed by atoms with Crippen molar-refractivity contribution in [2.75, 3.05) is 0 Å². The van der Waals surface area contributed by atoms with Crippen LogP contribution in [0, 0.1) is 0 Å². The molecule has 0 spiro atoms. The van der Waals surface area contributed by atoms with Crippen molar-refractivity contribution in [3.05, 3.63) is 40.4 Å². The van der Waals surface area contributed by atoms with Gasteiger partial charge in [-0.15, -0.1) is 0 Å². The molecule has 0 atom stereocenters. The van der Waals surface area contributed by atoms with Crippen LogP contribution in [0.1, 0.15) is 51.8 Å². The maximum atomic E-state index is 6.40. The van der Waals surface area contributed by atoms with Crippen LogP contribution in [0.5, 0.6) is 0 Å². The quantitative estimate of drug-likeness (QED) is 0.421. The summed E-state index contributed by atoms with van der Waals surface area (Å²) in [5, 5.41) is 1.18. The Bertz CT molecular complexity index is 889. The lowest BCUT2D eigenvalue weighted by Crippen LogP contribution is -2.04. The Morgan fingerprint density at radius 1 is 1.00 bits per heavy atom. The number of hydrogen-bond acceptors (Lipinski definition) is 3. The molecule has 0 aliphatic carbocycles. The summed E-state index contributed by atoms with van der Waals surface area (Å²) < 4.78 is 2.23. The van der Waals surface area contributed by atoms with E-state index in [9.17, 15) is 0 Å².